The van der Waals surface area contributed by atoms with Crippen LogP contribution in [-0.2, 0) is 0 Å². The molecular weight excluding hydrogens is 514 g/mol. The van der Waals surface area contributed by atoms with Crippen molar-refractivity contribution in [2.45, 2.75) is 71.6 Å². The minimum Gasteiger partial charge on any atom is -0.497 e. The number of nitrogens with zero attached hydrogens (tertiary/aromatic N) is 1. The first-order chi connectivity index (χ1) is 17.4. The minimum atomic E-state index is -0.753. The van der Waals surface area contributed by atoms with E-state index < -0.39 is 6.23 Å². The van der Waals surface area contributed by atoms with Gasteiger partial charge >= 0.3 is 0 Å². The van der Waals surface area contributed by atoms with Crippen molar-refractivity contribution in [1.29, 1.82) is 0 Å². The highest BCUT2D eigenvalue weighted by Crippen LogP contribution is 2.44. The topological polar surface area (TPSA) is 56.8 Å². The second-order valence-electron chi connectivity index (χ2n) is 9.11. The van der Waals surface area contributed by atoms with Crippen LogP contribution in [0.5, 0.6) is 5.75 Å². The van der Waals surface area contributed by atoms with Crippen molar-refractivity contribution in [3.05, 3.63) is 76.5 Å². The van der Waals surface area contributed by atoms with Crippen LogP contribution >= 0.6 is 15.9 Å². The van der Waals surface area contributed by atoms with Gasteiger partial charge in [0.25, 0.3) is 0 Å². The van der Waals surface area contributed by atoms with Crippen molar-refractivity contribution < 1.29 is 9.84 Å². The number of nitrogens with one attached hydrogen (secondary N) is 2. The fourth-order valence-corrected chi connectivity index (χ4v) is 5.02. The summed E-state index contributed by atoms with van der Waals surface area (Å²) in [5, 5.41) is 18.3. The van der Waals surface area contributed by atoms with Gasteiger partial charge in [0, 0.05) is 25.4 Å². The Hall–Kier alpha value is -2.28. The molecule has 0 bridgehead atoms. The Bertz CT molecular complexity index is 996. The largest absolute Gasteiger partial charge is 0.497 e. The molecule has 0 aliphatic carbocycles. The first-order valence-electron chi connectivity index (χ1n) is 12.9. The van der Waals surface area contributed by atoms with E-state index in [1.54, 1.807) is 12.1 Å². The summed E-state index contributed by atoms with van der Waals surface area (Å²) in [7, 11) is 3.81. The molecule has 0 aromatic heterocycles. The van der Waals surface area contributed by atoms with E-state index in [0.29, 0.717) is 6.54 Å². The molecule has 3 N–H and O–H groups in total. The number of anilines is 2. The fraction of sp³-hybridized carbons (Fsp3) is 0.467. The van der Waals surface area contributed by atoms with Gasteiger partial charge in [-0.3, -0.25) is 5.32 Å². The van der Waals surface area contributed by atoms with E-state index >= 15 is 0 Å². The molecule has 1 aromatic rings. The average Bonchev–Trinajstić information content (AvgIpc) is 2.88. The minimum absolute atomic E-state index is 0.257. The van der Waals surface area contributed by atoms with Crippen LogP contribution in [0.15, 0.2) is 76.5 Å². The SMILES string of the molecule is C/C=C\CCC/C=C(C)/C(=C\C=C\Br)C(O)NCCC1(CC)Nc2cc(OC)ccc2N(C)/C1=C\C. The van der Waals surface area contributed by atoms with Crippen molar-refractivity contribution in [3.8, 4) is 5.75 Å². The Morgan fingerprint density at radius 1 is 1.31 bits per heavy atom. The van der Waals surface area contributed by atoms with Gasteiger partial charge in [-0.2, -0.15) is 0 Å². The summed E-state index contributed by atoms with van der Waals surface area (Å²) in [6.45, 7) is 9.07. The van der Waals surface area contributed by atoms with E-state index in [4.69, 9.17) is 4.74 Å². The van der Waals surface area contributed by atoms with Gasteiger partial charge in [-0.1, -0.05) is 59.3 Å². The number of methoxy groups -OCH3 is 1. The molecular formula is C30H44BrN3O2. The lowest BCUT2D eigenvalue weighted by molar-refractivity contribution is 0.172. The van der Waals surface area contributed by atoms with Crippen molar-refractivity contribution in [2.75, 3.05) is 30.9 Å². The van der Waals surface area contributed by atoms with E-state index in [1.807, 2.05) is 18.2 Å². The molecule has 0 spiro atoms. The van der Waals surface area contributed by atoms with Crippen molar-refractivity contribution in [1.82, 2.24) is 5.32 Å². The van der Waals surface area contributed by atoms with Crippen LogP contribution in [0, 0.1) is 0 Å². The standard InChI is InChI=1S/C30H44BrN3O2/c1-7-10-11-12-13-15-23(4)25(16-14-20-31)29(35)32-21-19-30(9-3)28(8-2)34(5)27-18-17-24(36-6)22-26(27)33-30/h7-8,10,14-18,20,22,29,32-33,35H,9,11-13,19,21H2,1-6H3/b10-7-,20-14+,23-15+,25-16+,28-8-. The van der Waals surface area contributed by atoms with Gasteiger partial charge in [-0.25, -0.2) is 0 Å². The zero-order valence-corrected chi connectivity index (χ0v) is 24.4. The lowest BCUT2D eigenvalue weighted by Gasteiger charge is -2.47. The number of hydrogen-bond donors (Lipinski definition) is 3. The summed E-state index contributed by atoms with van der Waals surface area (Å²) in [4.78, 5) is 4.06. The van der Waals surface area contributed by atoms with Crippen LogP contribution in [0.25, 0.3) is 0 Å². The van der Waals surface area contributed by atoms with Crippen molar-refractivity contribution in [2.24, 2.45) is 0 Å². The predicted molar refractivity (Wildman–Crippen MR) is 159 cm³/mol. The highest BCUT2D eigenvalue weighted by atomic mass is 79.9. The van der Waals surface area contributed by atoms with Gasteiger partial charge < -0.3 is 20.1 Å². The van der Waals surface area contributed by atoms with E-state index in [1.165, 1.54) is 5.70 Å². The van der Waals surface area contributed by atoms with E-state index in [2.05, 4.69) is 103 Å². The molecule has 2 atom stereocenters. The maximum atomic E-state index is 11.1. The molecule has 1 aliphatic heterocycles. The lowest BCUT2D eigenvalue weighted by Crippen LogP contribution is -2.51. The van der Waals surface area contributed by atoms with Gasteiger partial charge in [0.15, 0.2) is 0 Å². The third-order valence-corrected chi connectivity index (χ3v) is 7.22. The summed E-state index contributed by atoms with van der Waals surface area (Å²) < 4.78 is 5.47. The Morgan fingerprint density at radius 3 is 2.72 bits per heavy atom. The zero-order chi connectivity index (χ0) is 26.6. The first-order valence-corrected chi connectivity index (χ1v) is 13.8. The number of aliphatic hydroxyl groups excluding tert-OH is 1. The predicted octanol–water partition coefficient (Wildman–Crippen LogP) is 7.44. The summed E-state index contributed by atoms with van der Waals surface area (Å²) in [5.74, 6) is 0.833. The molecule has 5 nitrogen and oxygen atoms in total. The maximum Gasteiger partial charge on any atom is 0.131 e. The van der Waals surface area contributed by atoms with Gasteiger partial charge in [-0.15, -0.1) is 0 Å². The van der Waals surface area contributed by atoms with E-state index in [0.717, 1.165) is 60.4 Å². The quantitative estimate of drug-likeness (QED) is 0.102. The van der Waals surface area contributed by atoms with Crippen LogP contribution in [0.2, 0.25) is 0 Å². The number of aliphatic hydroxyl groups is 1. The monoisotopic (exact) mass is 557 g/mol. The van der Waals surface area contributed by atoms with E-state index in [9.17, 15) is 5.11 Å². The highest BCUT2D eigenvalue weighted by Gasteiger charge is 2.39. The zero-order valence-electron chi connectivity index (χ0n) is 22.8. The lowest BCUT2D eigenvalue weighted by atomic mass is 9.84. The number of likely N-dealkylation sites (N-methyl/N-ethyl adjacent to an activating group) is 1. The number of fused-ring (bicyclic) bond motifs is 1. The Labute approximate surface area is 226 Å². The molecule has 2 unspecified atom stereocenters. The summed E-state index contributed by atoms with van der Waals surface area (Å²) in [6.07, 6.45) is 16.7. The number of halogens is 1. The van der Waals surface area contributed by atoms with Crippen molar-refractivity contribution >= 4 is 27.3 Å². The average molecular weight is 559 g/mol. The highest BCUT2D eigenvalue weighted by molar-refractivity contribution is 9.11. The van der Waals surface area contributed by atoms with Gasteiger partial charge in [0.05, 0.1) is 24.0 Å². The summed E-state index contributed by atoms with van der Waals surface area (Å²) >= 11 is 3.34. The second-order valence-corrected chi connectivity index (χ2v) is 9.64. The number of unbranched alkanes of at least 4 members (excludes halogenated alkanes) is 2. The van der Waals surface area contributed by atoms with Crippen LogP contribution in [0.4, 0.5) is 11.4 Å². The molecule has 1 aliphatic rings. The van der Waals surface area contributed by atoms with Crippen LogP contribution < -0.4 is 20.3 Å². The smallest absolute Gasteiger partial charge is 0.131 e. The molecule has 0 saturated heterocycles. The number of ether oxygens (including phenoxy) is 1. The Balaban J connectivity index is 2.16. The first kappa shape index (κ1) is 29.9. The number of rotatable bonds is 13. The van der Waals surface area contributed by atoms with Crippen molar-refractivity contribution in [3.63, 3.8) is 0 Å². The fourth-order valence-electron chi connectivity index (χ4n) is 4.86. The summed E-state index contributed by atoms with van der Waals surface area (Å²) in [5.41, 5.74) is 5.14. The van der Waals surface area contributed by atoms with Gasteiger partial charge in [-0.05, 0) is 81.1 Å². The molecule has 2 rings (SSSR count). The molecule has 36 heavy (non-hydrogen) atoms. The third-order valence-electron chi connectivity index (χ3n) is 6.92. The Kier molecular flexibility index (Phi) is 12.5. The number of benzene rings is 1. The molecule has 0 radical (unpaired) electrons. The van der Waals surface area contributed by atoms with Crippen LogP contribution in [0.3, 0.4) is 0 Å². The molecule has 0 saturated carbocycles. The van der Waals surface area contributed by atoms with Crippen LogP contribution in [0.1, 0.15) is 59.8 Å². The molecule has 1 aromatic carbocycles. The number of allylic oxidation sites excluding steroid dienone is 6. The van der Waals surface area contributed by atoms with E-state index in [-0.39, 0.29) is 5.54 Å². The molecule has 6 heteroatoms. The summed E-state index contributed by atoms with van der Waals surface area (Å²) in [6, 6.07) is 6.14. The Morgan fingerprint density at radius 2 is 2.08 bits per heavy atom. The van der Waals surface area contributed by atoms with Crippen LogP contribution in [-0.4, -0.2) is 37.6 Å². The maximum absolute atomic E-state index is 11.1. The molecule has 1 heterocycles. The molecule has 198 valence electrons. The van der Waals surface area contributed by atoms with Gasteiger partial charge in [0.2, 0.25) is 0 Å². The normalized spacial score (nSPS) is 20.8. The third kappa shape index (κ3) is 7.61. The number of hydrogen-bond acceptors (Lipinski definition) is 5. The molecule has 0 amide bonds. The second kappa shape index (κ2) is 15.1. The van der Waals surface area contributed by atoms with Gasteiger partial charge in [0.1, 0.15) is 12.0 Å². The molecule has 0 fully saturated rings.